The number of rotatable bonds is 2. The molecule has 0 aromatic carbocycles. The van der Waals surface area contributed by atoms with E-state index < -0.39 is 0 Å². The van der Waals surface area contributed by atoms with Gasteiger partial charge in [-0.15, -0.1) is 0 Å². The fourth-order valence-corrected chi connectivity index (χ4v) is 2.70. The van der Waals surface area contributed by atoms with E-state index in [-0.39, 0.29) is 5.91 Å². The minimum Gasteiger partial charge on any atom is -0.352 e. The predicted molar refractivity (Wildman–Crippen MR) is 59.7 cm³/mol. The third-order valence-corrected chi connectivity index (χ3v) is 3.45. The monoisotopic (exact) mass is 211 g/mol. The Bertz CT molecular complexity index is 226. The average molecular weight is 211 g/mol. The number of amides is 1. The van der Waals surface area contributed by atoms with E-state index in [0.29, 0.717) is 6.04 Å². The fourth-order valence-electron chi connectivity index (χ4n) is 2.70. The lowest BCUT2D eigenvalue weighted by Crippen LogP contribution is -2.43. The molecule has 0 aliphatic carbocycles. The van der Waals surface area contributed by atoms with Crippen LogP contribution >= 0.6 is 0 Å². The summed E-state index contributed by atoms with van der Waals surface area (Å²) in [5.74, 6) is 0.104. The smallest absolute Gasteiger partial charge is 0.217 e. The van der Waals surface area contributed by atoms with Gasteiger partial charge in [-0.1, -0.05) is 0 Å². The van der Waals surface area contributed by atoms with E-state index in [2.05, 4.69) is 15.5 Å². The molecule has 0 spiro atoms. The molecule has 86 valence electrons. The molecule has 1 amide bonds. The standard InChI is InChI=1S/C11H21N3O/c1-9(15)13-10-4-7-14(8-10)11-2-5-12-6-3-11/h10-12H,2-8H2,1H3,(H,13,15). The topological polar surface area (TPSA) is 44.4 Å². The summed E-state index contributed by atoms with van der Waals surface area (Å²) < 4.78 is 0. The summed E-state index contributed by atoms with van der Waals surface area (Å²) >= 11 is 0. The Labute approximate surface area is 91.4 Å². The van der Waals surface area contributed by atoms with Crippen LogP contribution in [0, 0.1) is 0 Å². The first-order valence-corrected chi connectivity index (χ1v) is 5.97. The highest BCUT2D eigenvalue weighted by atomic mass is 16.1. The van der Waals surface area contributed by atoms with Gasteiger partial charge in [0.25, 0.3) is 0 Å². The van der Waals surface area contributed by atoms with E-state index in [0.717, 1.165) is 38.6 Å². The van der Waals surface area contributed by atoms with E-state index >= 15 is 0 Å². The minimum atomic E-state index is 0.104. The average Bonchev–Trinajstić information content (AvgIpc) is 2.67. The van der Waals surface area contributed by atoms with Crippen molar-refractivity contribution in [3.8, 4) is 0 Å². The molecule has 2 rings (SSSR count). The summed E-state index contributed by atoms with van der Waals surface area (Å²) in [7, 11) is 0. The summed E-state index contributed by atoms with van der Waals surface area (Å²) in [5, 5.41) is 6.40. The minimum absolute atomic E-state index is 0.104. The fraction of sp³-hybridized carbons (Fsp3) is 0.909. The molecule has 0 radical (unpaired) electrons. The molecule has 1 atom stereocenters. The maximum absolute atomic E-state index is 10.9. The first-order chi connectivity index (χ1) is 7.25. The van der Waals surface area contributed by atoms with Gasteiger partial charge in [-0.2, -0.15) is 0 Å². The predicted octanol–water partition coefficient (Wildman–Crippen LogP) is -0.0512. The van der Waals surface area contributed by atoms with Crippen molar-refractivity contribution >= 4 is 5.91 Å². The van der Waals surface area contributed by atoms with E-state index in [1.54, 1.807) is 6.92 Å². The van der Waals surface area contributed by atoms with Gasteiger partial charge < -0.3 is 10.6 Å². The Morgan fingerprint density at radius 1 is 1.33 bits per heavy atom. The van der Waals surface area contributed by atoms with Crippen LogP contribution in [0.4, 0.5) is 0 Å². The Kier molecular flexibility index (Phi) is 3.59. The molecule has 4 heteroatoms. The number of hydrogen-bond donors (Lipinski definition) is 2. The zero-order chi connectivity index (χ0) is 10.7. The van der Waals surface area contributed by atoms with Crippen molar-refractivity contribution in [2.45, 2.75) is 38.3 Å². The molecule has 2 fully saturated rings. The van der Waals surface area contributed by atoms with Crippen molar-refractivity contribution in [3.05, 3.63) is 0 Å². The van der Waals surface area contributed by atoms with Crippen LogP contribution in [-0.4, -0.2) is 49.1 Å². The summed E-state index contributed by atoms with van der Waals surface area (Å²) in [6.45, 7) is 6.09. The second-order valence-corrected chi connectivity index (χ2v) is 4.66. The molecule has 15 heavy (non-hydrogen) atoms. The molecule has 4 nitrogen and oxygen atoms in total. The summed E-state index contributed by atoms with van der Waals surface area (Å²) in [6.07, 6.45) is 3.63. The molecule has 2 aliphatic heterocycles. The number of nitrogens with zero attached hydrogens (tertiary/aromatic N) is 1. The third-order valence-electron chi connectivity index (χ3n) is 3.45. The van der Waals surface area contributed by atoms with Crippen LogP contribution in [0.5, 0.6) is 0 Å². The normalized spacial score (nSPS) is 29.3. The van der Waals surface area contributed by atoms with Gasteiger partial charge >= 0.3 is 0 Å². The van der Waals surface area contributed by atoms with E-state index in [4.69, 9.17) is 0 Å². The van der Waals surface area contributed by atoms with Crippen LogP contribution in [0.2, 0.25) is 0 Å². The zero-order valence-corrected chi connectivity index (χ0v) is 9.46. The Morgan fingerprint density at radius 2 is 2.07 bits per heavy atom. The van der Waals surface area contributed by atoms with Crippen molar-refractivity contribution in [2.24, 2.45) is 0 Å². The first kappa shape index (κ1) is 10.9. The maximum atomic E-state index is 10.9. The molecule has 0 saturated carbocycles. The number of nitrogens with one attached hydrogen (secondary N) is 2. The van der Waals surface area contributed by atoms with Gasteiger partial charge in [-0.25, -0.2) is 0 Å². The van der Waals surface area contributed by atoms with Crippen molar-refractivity contribution in [1.82, 2.24) is 15.5 Å². The molecular formula is C11H21N3O. The molecule has 0 aromatic rings. The van der Waals surface area contributed by atoms with E-state index in [9.17, 15) is 4.79 Å². The highest BCUT2D eigenvalue weighted by molar-refractivity contribution is 5.73. The molecule has 2 saturated heterocycles. The van der Waals surface area contributed by atoms with Gasteiger partial charge in [0.05, 0.1) is 0 Å². The van der Waals surface area contributed by atoms with Crippen LogP contribution in [0.3, 0.4) is 0 Å². The molecule has 2 aliphatic rings. The molecule has 0 bridgehead atoms. The lowest BCUT2D eigenvalue weighted by Gasteiger charge is -2.31. The highest BCUT2D eigenvalue weighted by Crippen LogP contribution is 2.18. The Hall–Kier alpha value is -0.610. The van der Waals surface area contributed by atoms with Gasteiger partial charge in [0, 0.05) is 32.1 Å². The van der Waals surface area contributed by atoms with Crippen molar-refractivity contribution < 1.29 is 4.79 Å². The van der Waals surface area contributed by atoms with Gasteiger partial charge in [-0.3, -0.25) is 9.69 Å². The van der Waals surface area contributed by atoms with Gasteiger partial charge in [-0.05, 0) is 32.4 Å². The molecule has 0 aromatic heterocycles. The second kappa shape index (κ2) is 4.94. The maximum Gasteiger partial charge on any atom is 0.217 e. The number of piperidine rings is 1. The van der Waals surface area contributed by atoms with Crippen molar-refractivity contribution in [3.63, 3.8) is 0 Å². The first-order valence-electron chi connectivity index (χ1n) is 5.97. The quantitative estimate of drug-likeness (QED) is 0.673. The SMILES string of the molecule is CC(=O)NC1CCN(C2CCNCC2)C1. The summed E-state index contributed by atoms with van der Waals surface area (Å²) in [4.78, 5) is 13.5. The van der Waals surface area contributed by atoms with Gasteiger partial charge in [0.2, 0.25) is 5.91 Å². The Morgan fingerprint density at radius 3 is 2.73 bits per heavy atom. The van der Waals surface area contributed by atoms with Crippen LogP contribution < -0.4 is 10.6 Å². The third kappa shape index (κ3) is 2.92. The van der Waals surface area contributed by atoms with E-state index in [1.165, 1.54) is 12.8 Å². The largest absolute Gasteiger partial charge is 0.352 e. The van der Waals surface area contributed by atoms with Crippen LogP contribution in [0.15, 0.2) is 0 Å². The van der Waals surface area contributed by atoms with Crippen LogP contribution in [-0.2, 0) is 4.79 Å². The van der Waals surface area contributed by atoms with Crippen LogP contribution in [0.25, 0.3) is 0 Å². The summed E-state index contributed by atoms with van der Waals surface area (Å²) in [5.41, 5.74) is 0. The van der Waals surface area contributed by atoms with Gasteiger partial charge in [0.1, 0.15) is 0 Å². The van der Waals surface area contributed by atoms with Crippen molar-refractivity contribution in [2.75, 3.05) is 26.2 Å². The lowest BCUT2D eigenvalue weighted by molar-refractivity contribution is -0.119. The zero-order valence-electron chi connectivity index (χ0n) is 9.46. The summed E-state index contributed by atoms with van der Waals surface area (Å²) in [6, 6.07) is 1.13. The van der Waals surface area contributed by atoms with Crippen molar-refractivity contribution in [1.29, 1.82) is 0 Å². The Balaban J connectivity index is 1.78. The second-order valence-electron chi connectivity index (χ2n) is 4.66. The van der Waals surface area contributed by atoms with Gasteiger partial charge in [0.15, 0.2) is 0 Å². The number of hydrogen-bond acceptors (Lipinski definition) is 3. The molecule has 2 heterocycles. The lowest BCUT2D eigenvalue weighted by atomic mass is 10.1. The number of likely N-dealkylation sites (tertiary alicyclic amines) is 1. The highest BCUT2D eigenvalue weighted by Gasteiger charge is 2.29. The number of carbonyl (C=O) groups excluding carboxylic acids is 1. The van der Waals surface area contributed by atoms with E-state index in [1.807, 2.05) is 0 Å². The van der Waals surface area contributed by atoms with Crippen LogP contribution in [0.1, 0.15) is 26.2 Å². The molecular weight excluding hydrogens is 190 g/mol. The number of carbonyl (C=O) groups is 1. The molecule has 2 N–H and O–H groups in total. The molecule has 1 unspecified atom stereocenters.